The maximum absolute atomic E-state index is 13.0. The lowest BCUT2D eigenvalue weighted by Crippen LogP contribution is -2.56. The van der Waals surface area contributed by atoms with Crippen LogP contribution in [0.3, 0.4) is 0 Å². The number of aliphatic hydroxyl groups is 1. The van der Waals surface area contributed by atoms with E-state index < -0.39 is 15.6 Å². The molecule has 3 fully saturated rings. The van der Waals surface area contributed by atoms with Crippen LogP contribution >= 0.6 is 0 Å². The molecule has 0 spiro atoms. The summed E-state index contributed by atoms with van der Waals surface area (Å²) in [6.07, 6.45) is 5.86. The highest BCUT2D eigenvalue weighted by molar-refractivity contribution is 7.89. The van der Waals surface area contributed by atoms with Gasteiger partial charge >= 0.3 is 0 Å². The first-order valence-electron chi connectivity index (χ1n) is 10.5. The Morgan fingerprint density at radius 1 is 1.00 bits per heavy atom. The fraction of sp³-hybridized carbons (Fsp3) is 0.667. The molecule has 0 unspecified atom stereocenters. The third-order valence-corrected chi connectivity index (χ3v) is 8.84. The van der Waals surface area contributed by atoms with Gasteiger partial charge in [-0.15, -0.1) is 0 Å². The largest absolute Gasteiger partial charge is 0.389 e. The number of piperidine rings is 2. The molecule has 2 atom stereocenters. The van der Waals surface area contributed by atoms with Gasteiger partial charge < -0.3 is 10.0 Å². The first kappa shape index (κ1) is 19.9. The van der Waals surface area contributed by atoms with Crippen LogP contribution in [0, 0.1) is 11.8 Å². The van der Waals surface area contributed by atoms with Crippen LogP contribution in [0.25, 0.3) is 0 Å². The summed E-state index contributed by atoms with van der Waals surface area (Å²) in [7, 11) is -3.48. The second kappa shape index (κ2) is 7.76. The minimum Gasteiger partial charge on any atom is -0.389 e. The van der Waals surface area contributed by atoms with Gasteiger partial charge in [0.2, 0.25) is 15.9 Å². The van der Waals surface area contributed by atoms with Crippen molar-refractivity contribution in [2.24, 2.45) is 11.8 Å². The van der Waals surface area contributed by atoms with E-state index in [1.165, 1.54) is 4.31 Å². The Morgan fingerprint density at radius 3 is 2.43 bits per heavy atom. The number of carbonyl (C=O) groups excluding carboxylic acids is 1. The summed E-state index contributed by atoms with van der Waals surface area (Å²) in [6, 6.07) is 8.49. The van der Waals surface area contributed by atoms with Gasteiger partial charge in [0, 0.05) is 38.0 Å². The zero-order chi connectivity index (χ0) is 19.8. The van der Waals surface area contributed by atoms with Crippen LogP contribution in [0.5, 0.6) is 0 Å². The van der Waals surface area contributed by atoms with Crippen molar-refractivity contribution in [3.8, 4) is 0 Å². The number of amides is 1. The molecule has 1 aliphatic carbocycles. The van der Waals surface area contributed by atoms with Crippen LogP contribution in [0.15, 0.2) is 35.2 Å². The summed E-state index contributed by atoms with van der Waals surface area (Å²) in [5.74, 6) is 0.221. The Balaban J connectivity index is 1.36. The fourth-order valence-corrected chi connectivity index (χ4v) is 6.60. The Bertz CT molecular complexity index is 805. The number of nitrogens with zero attached hydrogens (tertiary/aromatic N) is 2. The summed E-state index contributed by atoms with van der Waals surface area (Å²) in [5, 5.41) is 10.8. The lowest BCUT2D eigenvalue weighted by atomic mass is 9.71. The molecule has 2 saturated heterocycles. The third-order valence-electron chi connectivity index (χ3n) is 6.92. The highest BCUT2D eigenvalue weighted by atomic mass is 32.2. The predicted molar refractivity (Wildman–Crippen MR) is 106 cm³/mol. The Hall–Kier alpha value is -1.44. The van der Waals surface area contributed by atoms with E-state index >= 15 is 0 Å². The van der Waals surface area contributed by atoms with Gasteiger partial charge in [-0.25, -0.2) is 8.42 Å². The van der Waals surface area contributed by atoms with Crippen LogP contribution in [0.2, 0.25) is 0 Å². The zero-order valence-electron chi connectivity index (χ0n) is 16.3. The molecule has 154 valence electrons. The highest BCUT2D eigenvalue weighted by Crippen LogP contribution is 2.40. The summed E-state index contributed by atoms with van der Waals surface area (Å²) in [5.41, 5.74) is -0.581. The van der Waals surface area contributed by atoms with Crippen LogP contribution < -0.4 is 0 Å². The molecule has 1 aromatic carbocycles. The van der Waals surface area contributed by atoms with Crippen LogP contribution in [-0.4, -0.2) is 60.4 Å². The van der Waals surface area contributed by atoms with Gasteiger partial charge in [-0.2, -0.15) is 4.31 Å². The second-order valence-electron chi connectivity index (χ2n) is 8.57. The standard InChI is InChI=1S/C21H30N2O4S/c24-20(22-15-12-21(25)11-5-4-6-18(21)16-22)17-9-13-23(14-10-17)28(26,27)19-7-2-1-3-8-19/h1-3,7-8,17-18,25H,4-6,9-16H2/t18-,21+/m1/s1. The minimum absolute atomic E-state index is 0.114. The van der Waals surface area contributed by atoms with E-state index in [-0.39, 0.29) is 17.7 Å². The number of likely N-dealkylation sites (tertiary alicyclic amines) is 1. The Kier molecular flexibility index (Phi) is 5.51. The molecule has 2 aliphatic heterocycles. The van der Waals surface area contributed by atoms with E-state index in [4.69, 9.17) is 0 Å². The van der Waals surface area contributed by atoms with Crippen LogP contribution in [-0.2, 0) is 14.8 Å². The Morgan fingerprint density at radius 2 is 1.71 bits per heavy atom. The van der Waals surface area contributed by atoms with Gasteiger partial charge in [-0.3, -0.25) is 4.79 Å². The topological polar surface area (TPSA) is 77.9 Å². The van der Waals surface area contributed by atoms with E-state index in [1.54, 1.807) is 30.3 Å². The molecular weight excluding hydrogens is 376 g/mol. The first-order valence-corrected chi connectivity index (χ1v) is 11.9. The number of hydrogen-bond donors (Lipinski definition) is 1. The molecule has 3 aliphatic rings. The second-order valence-corrected chi connectivity index (χ2v) is 10.5. The normalized spacial score (nSPS) is 30.0. The molecule has 4 rings (SSSR count). The molecule has 0 aromatic heterocycles. The molecule has 0 bridgehead atoms. The lowest BCUT2D eigenvalue weighted by Gasteiger charge is -2.48. The zero-order valence-corrected chi connectivity index (χ0v) is 17.1. The fourth-order valence-electron chi connectivity index (χ4n) is 5.11. The van der Waals surface area contributed by atoms with E-state index in [0.29, 0.717) is 50.3 Å². The molecule has 1 N–H and O–H groups in total. The molecule has 1 aromatic rings. The van der Waals surface area contributed by atoms with Crippen molar-refractivity contribution in [3.63, 3.8) is 0 Å². The lowest BCUT2D eigenvalue weighted by molar-refractivity contribution is -0.148. The number of carbonyl (C=O) groups is 1. The van der Waals surface area contributed by atoms with Crippen molar-refractivity contribution in [1.82, 2.24) is 9.21 Å². The van der Waals surface area contributed by atoms with E-state index in [1.807, 2.05) is 4.90 Å². The van der Waals surface area contributed by atoms with Crippen molar-refractivity contribution in [3.05, 3.63) is 30.3 Å². The van der Waals surface area contributed by atoms with E-state index in [0.717, 1.165) is 25.7 Å². The summed E-state index contributed by atoms with van der Waals surface area (Å²) in [4.78, 5) is 15.3. The smallest absolute Gasteiger partial charge is 0.243 e. The molecule has 7 heteroatoms. The third kappa shape index (κ3) is 3.72. The SMILES string of the molecule is O=C(C1CCN(S(=O)(=O)c2ccccc2)CC1)N1CC[C@@]2(O)CCCC[C@@H]2C1. The van der Waals surface area contributed by atoms with Gasteiger partial charge in [0.1, 0.15) is 0 Å². The van der Waals surface area contributed by atoms with Crippen LogP contribution in [0.1, 0.15) is 44.9 Å². The van der Waals surface area contributed by atoms with Crippen molar-refractivity contribution < 1.29 is 18.3 Å². The predicted octanol–water partition coefficient (Wildman–Crippen LogP) is 2.24. The van der Waals surface area contributed by atoms with Crippen LogP contribution in [0.4, 0.5) is 0 Å². The van der Waals surface area contributed by atoms with Gasteiger partial charge in [-0.1, -0.05) is 31.0 Å². The maximum Gasteiger partial charge on any atom is 0.243 e. The molecule has 28 heavy (non-hydrogen) atoms. The maximum atomic E-state index is 13.0. The molecule has 6 nitrogen and oxygen atoms in total. The van der Waals surface area contributed by atoms with Crippen molar-refractivity contribution in [2.45, 2.75) is 55.4 Å². The number of fused-ring (bicyclic) bond motifs is 1. The monoisotopic (exact) mass is 406 g/mol. The minimum atomic E-state index is -3.48. The average molecular weight is 407 g/mol. The van der Waals surface area contributed by atoms with Crippen molar-refractivity contribution >= 4 is 15.9 Å². The van der Waals surface area contributed by atoms with Gasteiger partial charge in [0.05, 0.1) is 10.5 Å². The van der Waals surface area contributed by atoms with Crippen molar-refractivity contribution in [2.75, 3.05) is 26.2 Å². The summed E-state index contributed by atoms with van der Waals surface area (Å²) >= 11 is 0. The molecule has 1 saturated carbocycles. The summed E-state index contributed by atoms with van der Waals surface area (Å²) < 4.78 is 27.0. The van der Waals surface area contributed by atoms with Gasteiger partial charge in [0.15, 0.2) is 0 Å². The highest BCUT2D eigenvalue weighted by Gasteiger charge is 2.45. The molecule has 1 amide bonds. The number of hydrogen-bond acceptors (Lipinski definition) is 4. The van der Waals surface area contributed by atoms with E-state index in [2.05, 4.69) is 0 Å². The molecule has 0 radical (unpaired) electrons. The summed E-state index contributed by atoms with van der Waals surface area (Å²) in [6.45, 7) is 2.04. The average Bonchev–Trinajstić information content (AvgIpc) is 2.73. The number of rotatable bonds is 3. The molecular formula is C21H30N2O4S. The number of sulfonamides is 1. The molecule has 2 heterocycles. The quantitative estimate of drug-likeness (QED) is 0.835. The van der Waals surface area contributed by atoms with Crippen molar-refractivity contribution in [1.29, 1.82) is 0 Å². The van der Waals surface area contributed by atoms with Gasteiger partial charge in [0.25, 0.3) is 0 Å². The number of benzene rings is 1. The Labute approximate surface area is 167 Å². The van der Waals surface area contributed by atoms with E-state index in [9.17, 15) is 18.3 Å². The van der Waals surface area contributed by atoms with Gasteiger partial charge in [-0.05, 0) is 44.2 Å². The first-order chi connectivity index (χ1) is 13.4.